The van der Waals surface area contributed by atoms with Gasteiger partial charge < -0.3 is 28.5 Å². The van der Waals surface area contributed by atoms with Crippen molar-refractivity contribution < 1.29 is 42.9 Å². The average molecular weight is 1190 g/mol. The van der Waals surface area contributed by atoms with Crippen LogP contribution in [0.25, 0.3) is 0 Å². The maximum atomic E-state index is 12.9. The Bertz CT molecular complexity index is 1810. The first-order valence-electron chi connectivity index (χ1n) is 34.7. The molecule has 0 aliphatic rings. The molecule has 2 atom stereocenters. The van der Waals surface area contributed by atoms with E-state index in [1.54, 1.807) is 0 Å². The molecule has 0 aromatic rings. The highest BCUT2D eigenvalue weighted by atomic mass is 16.7. The molecule has 0 fully saturated rings. The van der Waals surface area contributed by atoms with Crippen molar-refractivity contribution in [1.82, 2.24) is 0 Å². The molecular formula is C76H130NO8+. The molecule has 0 saturated heterocycles. The number of carbonyl (C=O) groups is 3. The van der Waals surface area contributed by atoms with E-state index >= 15 is 0 Å². The number of carboxylic acids is 1. The zero-order valence-electron chi connectivity index (χ0n) is 55.5. The second kappa shape index (κ2) is 65.7. The van der Waals surface area contributed by atoms with Crippen LogP contribution in [0, 0.1) is 0 Å². The summed E-state index contributed by atoms with van der Waals surface area (Å²) in [6.45, 7) is 4.75. The Kier molecular flexibility index (Phi) is 62.3. The Morgan fingerprint density at radius 1 is 0.365 bits per heavy atom. The number of allylic oxidation sites excluding steroid dienone is 20. The van der Waals surface area contributed by atoms with Gasteiger partial charge in [-0.05, 0) is 109 Å². The largest absolute Gasteiger partial charge is 0.477 e. The summed E-state index contributed by atoms with van der Waals surface area (Å²) in [5.74, 6) is -2.02. The summed E-state index contributed by atoms with van der Waals surface area (Å²) in [5, 5.41) is 9.74. The Balaban J connectivity index is 4.10. The number of hydrogen-bond acceptors (Lipinski definition) is 7. The number of rotatable bonds is 63. The molecule has 0 rings (SSSR count). The molecule has 0 saturated carbocycles. The number of quaternary nitrogens is 1. The molecule has 0 heterocycles. The third-order valence-electron chi connectivity index (χ3n) is 14.7. The number of likely N-dealkylation sites (N-methyl/N-ethyl adjacent to an activating group) is 1. The molecule has 0 aromatic heterocycles. The van der Waals surface area contributed by atoms with Crippen LogP contribution in [0.2, 0.25) is 0 Å². The maximum absolute atomic E-state index is 12.9. The van der Waals surface area contributed by atoms with Crippen molar-refractivity contribution in [2.24, 2.45) is 0 Å². The van der Waals surface area contributed by atoms with Gasteiger partial charge in [-0.25, -0.2) is 4.79 Å². The third-order valence-corrected chi connectivity index (χ3v) is 14.7. The molecule has 85 heavy (non-hydrogen) atoms. The summed E-state index contributed by atoms with van der Waals surface area (Å²) in [7, 11) is 5.97. The van der Waals surface area contributed by atoms with Crippen LogP contribution in [0.4, 0.5) is 0 Å². The zero-order chi connectivity index (χ0) is 61.9. The number of ether oxygens (including phenoxy) is 4. The molecule has 2 unspecified atom stereocenters. The number of hydrogen-bond donors (Lipinski definition) is 1. The van der Waals surface area contributed by atoms with Gasteiger partial charge >= 0.3 is 17.9 Å². The van der Waals surface area contributed by atoms with Gasteiger partial charge in [-0.3, -0.25) is 9.59 Å². The van der Waals surface area contributed by atoms with Crippen LogP contribution in [-0.2, 0) is 33.3 Å². The van der Waals surface area contributed by atoms with Crippen molar-refractivity contribution >= 4 is 17.9 Å². The van der Waals surface area contributed by atoms with Crippen molar-refractivity contribution in [3.63, 3.8) is 0 Å². The summed E-state index contributed by atoms with van der Waals surface area (Å²) in [5.41, 5.74) is 0. The standard InChI is InChI=1S/C76H129NO8/c1-6-8-10-12-14-16-18-20-22-24-26-28-29-30-31-32-33-34-35-36-37-38-39-40-41-42-43-44-45-47-49-51-53-55-57-59-61-63-65-67-74(79)85-72(71-84-76(75(80)81)82-69-68-77(3,4)5)70-83-73(78)66-64-62-60-58-56-54-52-50-48-46-27-25-23-21-19-17-15-13-11-9-7-2/h8,10,14,16,19-22,25-28,30-31,33-34,36-37,48,50,72,76H,6-7,9,11-13,15,17-18,23-24,29,32,35,38-47,49,51-71H2,1-5H3/p+1/b10-8-,16-14-,21-19-,22-20-,27-25-,28-26-,31-30-,34-33-,37-36-,50-48-. The van der Waals surface area contributed by atoms with E-state index < -0.39 is 24.3 Å². The number of carbonyl (C=O) groups excluding carboxylic acids is 2. The topological polar surface area (TPSA) is 108 Å². The van der Waals surface area contributed by atoms with Gasteiger partial charge in [0, 0.05) is 12.8 Å². The lowest BCUT2D eigenvalue weighted by molar-refractivity contribution is -0.870. The monoisotopic (exact) mass is 1180 g/mol. The van der Waals surface area contributed by atoms with Gasteiger partial charge in [0.25, 0.3) is 6.29 Å². The smallest absolute Gasteiger partial charge is 0.361 e. The van der Waals surface area contributed by atoms with Gasteiger partial charge in [-0.15, -0.1) is 0 Å². The molecule has 9 heteroatoms. The van der Waals surface area contributed by atoms with Gasteiger partial charge in [0.05, 0.1) is 34.4 Å². The van der Waals surface area contributed by atoms with Crippen LogP contribution in [0.5, 0.6) is 0 Å². The second-order valence-corrected chi connectivity index (χ2v) is 24.1. The minimum atomic E-state index is -1.52. The van der Waals surface area contributed by atoms with Crippen LogP contribution < -0.4 is 0 Å². The first-order valence-corrected chi connectivity index (χ1v) is 34.7. The van der Waals surface area contributed by atoms with Gasteiger partial charge in [-0.1, -0.05) is 283 Å². The Morgan fingerprint density at radius 3 is 1.00 bits per heavy atom. The predicted octanol–water partition coefficient (Wildman–Crippen LogP) is 21.6. The Morgan fingerprint density at radius 2 is 0.671 bits per heavy atom. The molecule has 0 bridgehead atoms. The molecule has 0 aliphatic carbocycles. The Hall–Kier alpha value is -4.31. The van der Waals surface area contributed by atoms with Gasteiger partial charge in [-0.2, -0.15) is 0 Å². The van der Waals surface area contributed by atoms with E-state index in [0.29, 0.717) is 17.4 Å². The lowest BCUT2D eigenvalue weighted by atomic mass is 10.0. The normalized spacial score (nSPS) is 13.5. The fourth-order valence-electron chi connectivity index (χ4n) is 9.41. The Labute approximate surface area is 523 Å². The van der Waals surface area contributed by atoms with E-state index in [9.17, 15) is 19.5 Å². The number of aliphatic carboxylic acids is 1. The fourth-order valence-corrected chi connectivity index (χ4v) is 9.41. The number of unbranched alkanes of at least 4 members (excludes halogenated alkanes) is 28. The fraction of sp³-hybridized carbons (Fsp3) is 0.697. The quantitative estimate of drug-likeness (QED) is 0.0211. The van der Waals surface area contributed by atoms with Crippen molar-refractivity contribution in [3.05, 3.63) is 122 Å². The summed E-state index contributed by atoms with van der Waals surface area (Å²) in [6.07, 6.45) is 90.2. The predicted molar refractivity (Wildman–Crippen MR) is 364 cm³/mol. The lowest BCUT2D eigenvalue weighted by Gasteiger charge is -2.25. The van der Waals surface area contributed by atoms with Gasteiger partial charge in [0.1, 0.15) is 13.2 Å². The van der Waals surface area contributed by atoms with E-state index in [4.69, 9.17) is 18.9 Å². The van der Waals surface area contributed by atoms with Crippen LogP contribution in [0.3, 0.4) is 0 Å². The first-order chi connectivity index (χ1) is 41.6. The molecule has 486 valence electrons. The van der Waals surface area contributed by atoms with Crippen molar-refractivity contribution in [2.75, 3.05) is 47.5 Å². The summed E-state index contributed by atoms with van der Waals surface area (Å²) < 4.78 is 22.9. The van der Waals surface area contributed by atoms with E-state index in [1.807, 2.05) is 21.1 Å². The van der Waals surface area contributed by atoms with Crippen LogP contribution in [0.15, 0.2) is 122 Å². The van der Waals surface area contributed by atoms with Crippen molar-refractivity contribution in [1.29, 1.82) is 0 Å². The molecule has 0 amide bonds. The highest BCUT2D eigenvalue weighted by Gasteiger charge is 2.25. The lowest BCUT2D eigenvalue weighted by Crippen LogP contribution is -2.40. The summed E-state index contributed by atoms with van der Waals surface area (Å²) in [6, 6.07) is 0. The minimum absolute atomic E-state index is 0.181. The molecule has 0 spiro atoms. The number of nitrogens with zero attached hydrogens (tertiary/aromatic N) is 1. The molecule has 0 radical (unpaired) electrons. The maximum Gasteiger partial charge on any atom is 0.361 e. The molecule has 9 nitrogen and oxygen atoms in total. The van der Waals surface area contributed by atoms with Crippen molar-refractivity contribution in [2.45, 2.75) is 296 Å². The van der Waals surface area contributed by atoms with E-state index in [-0.39, 0.29) is 38.6 Å². The minimum Gasteiger partial charge on any atom is -0.477 e. The molecule has 0 aromatic carbocycles. The molecular weight excluding hydrogens is 1050 g/mol. The summed E-state index contributed by atoms with van der Waals surface area (Å²) in [4.78, 5) is 37.6. The van der Waals surface area contributed by atoms with Crippen LogP contribution in [-0.4, -0.2) is 87.4 Å². The zero-order valence-corrected chi connectivity index (χ0v) is 55.5. The second-order valence-electron chi connectivity index (χ2n) is 24.1. The first kappa shape index (κ1) is 80.7. The van der Waals surface area contributed by atoms with Crippen LogP contribution in [0.1, 0.15) is 284 Å². The van der Waals surface area contributed by atoms with Gasteiger partial charge in [0.2, 0.25) is 0 Å². The van der Waals surface area contributed by atoms with E-state index in [2.05, 4.69) is 135 Å². The number of carboxylic acid groups (broad SMARTS) is 1. The van der Waals surface area contributed by atoms with Crippen LogP contribution >= 0.6 is 0 Å². The van der Waals surface area contributed by atoms with Gasteiger partial charge in [0.15, 0.2) is 6.10 Å². The molecule has 1 N–H and O–H groups in total. The third kappa shape index (κ3) is 67.1. The average Bonchev–Trinajstić information content (AvgIpc) is 3.49. The highest BCUT2D eigenvalue weighted by molar-refractivity contribution is 5.71. The number of esters is 2. The molecule has 0 aliphatic heterocycles. The summed E-state index contributed by atoms with van der Waals surface area (Å²) >= 11 is 0. The van der Waals surface area contributed by atoms with E-state index in [0.717, 1.165) is 103 Å². The highest BCUT2D eigenvalue weighted by Crippen LogP contribution is 2.17. The van der Waals surface area contributed by atoms with Crippen molar-refractivity contribution in [3.8, 4) is 0 Å². The van der Waals surface area contributed by atoms with E-state index in [1.165, 1.54) is 148 Å². The SMILES string of the molecule is CC/C=C\C/C=C\C/C=C\C/C=C\C/C=C\C/C=C\C/C=C\CCCCCCCCCCCCCCCCCCCC(=O)OC(COC(=O)CCCCCCCC/C=C\C/C=C\C/C=C\CCCCCCC)COC(OCC[N+](C)(C)C)C(=O)O.